The van der Waals surface area contributed by atoms with Gasteiger partial charge < -0.3 is 10.1 Å². The lowest BCUT2D eigenvalue weighted by molar-refractivity contribution is -0.137. The van der Waals surface area contributed by atoms with Crippen molar-refractivity contribution in [3.63, 3.8) is 0 Å². The summed E-state index contributed by atoms with van der Waals surface area (Å²) in [6, 6.07) is 7.58. The van der Waals surface area contributed by atoms with E-state index >= 15 is 0 Å². The van der Waals surface area contributed by atoms with Crippen LogP contribution in [0.5, 0.6) is 5.75 Å². The highest BCUT2D eigenvalue weighted by Gasteiger charge is 2.31. The van der Waals surface area contributed by atoms with Gasteiger partial charge in [-0.25, -0.2) is 0 Å². The maximum Gasteiger partial charge on any atom is 0.416 e. The van der Waals surface area contributed by atoms with E-state index in [1.807, 2.05) is 0 Å². The molecule has 2 aromatic carbocycles. The molecule has 1 amide bonds. The van der Waals surface area contributed by atoms with Gasteiger partial charge in [-0.15, -0.1) is 0 Å². The summed E-state index contributed by atoms with van der Waals surface area (Å²) < 4.78 is 43.3. The van der Waals surface area contributed by atoms with Gasteiger partial charge in [0.05, 0.1) is 23.9 Å². The number of rotatable bonds is 3. The first-order valence-corrected chi connectivity index (χ1v) is 7.69. The second-order valence-electron chi connectivity index (χ2n) is 4.49. The van der Waals surface area contributed by atoms with Crippen molar-refractivity contribution >= 4 is 45.8 Å². The Morgan fingerprint density at radius 1 is 1.22 bits per heavy atom. The van der Waals surface area contributed by atoms with Crippen LogP contribution in [0.1, 0.15) is 15.9 Å². The van der Waals surface area contributed by atoms with Crippen molar-refractivity contribution in [2.45, 2.75) is 6.18 Å². The molecule has 23 heavy (non-hydrogen) atoms. The van der Waals surface area contributed by atoms with Gasteiger partial charge in [0.1, 0.15) is 5.75 Å². The van der Waals surface area contributed by atoms with Gasteiger partial charge in [0.25, 0.3) is 5.91 Å². The number of hydrogen-bond acceptors (Lipinski definition) is 2. The van der Waals surface area contributed by atoms with Crippen LogP contribution < -0.4 is 10.1 Å². The van der Waals surface area contributed by atoms with Gasteiger partial charge in [-0.3, -0.25) is 4.79 Å². The molecule has 2 rings (SSSR count). The highest BCUT2D eigenvalue weighted by molar-refractivity contribution is 14.1. The molecule has 3 nitrogen and oxygen atoms in total. The molecule has 0 bridgehead atoms. The zero-order valence-electron chi connectivity index (χ0n) is 11.7. The molecule has 0 atom stereocenters. The highest BCUT2D eigenvalue weighted by atomic mass is 127. The van der Waals surface area contributed by atoms with E-state index in [0.717, 1.165) is 12.1 Å². The minimum Gasteiger partial charge on any atom is -0.496 e. The minimum absolute atomic E-state index is 0.229. The van der Waals surface area contributed by atoms with Gasteiger partial charge in [0, 0.05) is 8.59 Å². The summed E-state index contributed by atoms with van der Waals surface area (Å²) in [4.78, 5) is 12.3. The molecule has 0 unspecified atom stereocenters. The third kappa shape index (κ3) is 4.29. The monoisotopic (exact) mass is 455 g/mol. The van der Waals surface area contributed by atoms with Crippen LogP contribution in [-0.4, -0.2) is 13.0 Å². The van der Waals surface area contributed by atoms with Crippen LogP contribution in [0, 0.1) is 3.57 Å². The molecule has 0 heterocycles. The van der Waals surface area contributed by atoms with E-state index in [2.05, 4.69) is 5.32 Å². The largest absolute Gasteiger partial charge is 0.496 e. The smallest absolute Gasteiger partial charge is 0.416 e. The first kappa shape index (κ1) is 17.9. The first-order chi connectivity index (χ1) is 10.7. The van der Waals surface area contributed by atoms with Crippen LogP contribution in [0.25, 0.3) is 0 Å². The van der Waals surface area contributed by atoms with Crippen molar-refractivity contribution in [3.8, 4) is 5.75 Å². The van der Waals surface area contributed by atoms with Crippen molar-refractivity contribution in [2.75, 3.05) is 12.4 Å². The van der Waals surface area contributed by atoms with Crippen molar-refractivity contribution < 1.29 is 22.7 Å². The SMILES string of the molecule is COc1cc(Cl)ccc1C(=O)Nc1ccc(C(F)(F)F)cc1I. The summed E-state index contributed by atoms with van der Waals surface area (Å²) in [6.07, 6.45) is -4.43. The van der Waals surface area contributed by atoms with Crippen LogP contribution in [0.3, 0.4) is 0 Å². The number of carbonyl (C=O) groups excluding carboxylic acids is 1. The zero-order chi connectivity index (χ0) is 17.2. The Labute approximate surface area is 148 Å². The van der Waals surface area contributed by atoms with Gasteiger partial charge in [-0.2, -0.15) is 13.2 Å². The molecule has 0 fully saturated rings. The van der Waals surface area contributed by atoms with Gasteiger partial charge in [-0.05, 0) is 59.0 Å². The number of methoxy groups -OCH3 is 1. The van der Waals surface area contributed by atoms with E-state index in [0.29, 0.717) is 5.02 Å². The minimum atomic E-state index is -4.43. The third-order valence-corrected chi connectivity index (χ3v) is 4.08. The molecule has 2 aromatic rings. The van der Waals surface area contributed by atoms with E-state index in [-0.39, 0.29) is 20.6 Å². The fourth-order valence-corrected chi connectivity index (χ4v) is 2.65. The van der Waals surface area contributed by atoms with Crippen molar-refractivity contribution in [3.05, 3.63) is 56.1 Å². The quantitative estimate of drug-likeness (QED) is 0.644. The van der Waals surface area contributed by atoms with Crippen LogP contribution in [-0.2, 0) is 6.18 Å². The Morgan fingerprint density at radius 2 is 1.91 bits per heavy atom. The summed E-state index contributed by atoms with van der Waals surface area (Å²) >= 11 is 7.56. The molecule has 0 saturated heterocycles. The van der Waals surface area contributed by atoms with E-state index < -0.39 is 17.6 Å². The molecule has 1 N–H and O–H groups in total. The standard InChI is InChI=1S/C15H10ClF3INO2/c1-23-13-7-9(16)3-4-10(13)14(22)21-12-5-2-8(6-11(12)20)15(17,18)19/h2-7H,1H3,(H,21,22). The number of ether oxygens (including phenoxy) is 1. The van der Waals surface area contributed by atoms with E-state index in [9.17, 15) is 18.0 Å². The van der Waals surface area contributed by atoms with Crippen LogP contribution in [0.2, 0.25) is 5.02 Å². The van der Waals surface area contributed by atoms with Gasteiger partial charge in [-0.1, -0.05) is 11.6 Å². The molecule has 0 saturated carbocycles. The zero-order valence-corrected chi connectivity index (χ0v) is 14.6. The number of carbonyl (C=O) groups is 1. The normalized spacial score (nSPS) is 11.2. The van der Waals surface area contributed by atoms with Gasteiger partial charge in [0.15, 0.2) is 0 Å². The molecular formula is C15H10ClF3INO2. The summed E-state index contributed by atoms with van der Waals surface area (Å²) in [5, 5.41) is 2.97. The fraction of sp³-hybridized carbons (Fsp3) is 0.133. The van der Waals surface area contributed by atoms with Crippen molar-refractivity contribution in [2.24, 2.45) is 0 Å². The Balaban J connectivity index is 2.27. The average molecular weight is 456 g/mol. The first-order valence-electron chi connectivity index (χ1n) is 6.24. The molecule has 0 spiro atoms. The summed E-state index contributed by atoms with van der Waals surface area (Å²) in [5.74, 6) is -0.229. The number of anilines is 1. The summed E-state index contributed by atoms with van der Waals surface area (Å²) in [6.45, 7) is 0. The number of hydrogen-bond donors (Lipinski definition) is 1. The average Bonchev–Trinajstić information content (AvgIpc) is 2.47. The molecular weight excluding hydrogens is 446 g/mol. The highest BCUT2D eigenvalue weighted by Crippen LogP contribution is 2.33. The van der Waals surface area contributed by atoms with Crippen LogP contribution in [0.15, 0.2) is 36.4 Å². The maximum absolute atomic E-state index is 12.6. The number of amides is 1. The van der Waals surface area contributed by atoms with E-state index in [1.54, 1.807) is 22.6 Å². The predicted octanol–water partition coefficient (Wildman–Crippen LogP) is 5.22. The Hall–Kier alpha value is -1.48. The summed E-state index contributed by atoms with van der Waals surface area (Å²) in [5.41, 5.74) is -0.267. The molecule has 8 heteroatoms. The molecule has 0 aliphatic heterocycles. The Morgan fingerprint density at radius 3 is 2.48 bits per heavy atom. The van der Waals surface area contributed by atoms with Crippen LogP contribution >= 0.6 is 34.2 Å². The second-order valence-corrected chi connectivity index (χ2v) is 6.09. The lowest BCUT2D eigenvalue weighted by Crippen LogP contribution is -2.14. The summed E-state index contributed by atoms with van der Waals surface area (Å²) in [7, 11) is 1.39. The van der Waals surface area contributed by atoms with Crippen molar-refractivity contribution in [1.82, 2.24) is 0 Å². The molecule has 0 aliphatic carbocycles. The lowest BCUT2D eigenvalue weighted by atomic mass is 10.1. The topological polar surface area (TPSA) is 38.3 Å². The molecule has 122 valence electrons. The molecule has 0 aromatic heterocycles. The predicted molar refractivity (Wildman–Crippen MR) is 90.1 cm³/mol. The Kier molecular flexibility index (Phi) is 5.41. The molecule has 0 radical (unpaired) electrons. The van der Waals surface area contributed by atoms with Gasteiger partial charge in [0.2, 0.25) is 0 Å². The van der Waals surface area contributed by atoms with Crippen LogP contribution in [0.4, 0.5) is 18.9 Å². The molecule has 0 aliphatic rings. The number of nitrogens with one attached hydrogen (secondary N) is 1. The Bertz CT molecular complexity index is 750. The maximum atomic E-state index is 12.6. The van der Waals surface area contributed by atoms with Crippen molar-refractivity contribution in [1.29, 1.82) is 0 Å². The second kappa shape index (κ2) is 6.96. The van der Waals surface area contributed by atoms with Gasteiger partial charge >= 0.3 is 6.18 Å². The number of alkyl halides is 3. The number of benzene rings is 2. The number of halogens is 5. The third-order valence-electron chi connectivity index (χ3n) is 2.95. The fourth-order valence-electron chi connectivity index (χ4n) is 1.84. The van der Waals surface area contributed by atoms with E-state index in [4.69, 9.17) is 16.3 Å². The van der Waals surface area contributed by atoms with E-state index in [1.165, 1.54) is 31.4 Å². The lowest BCUT2D eigenvalue weighted by Gasteiger charge is -2.13.